The first-order valence-electron chi connectivity index (χ1n) is 4.59. The van der Waals surface area contributed by atoms with Gasteiger partial charge in [0.1, 0.15) is 11.6 Å². The molecule has 0 aliphatic heterocycles. The van der Waals surface area contributed by atoms with E-state index >= 15 is 0 Å². The molecule has 3 N–H and O–H groups in total. The number of rotatable bonds is 2. The minimum absolute atomic E-state index is 0.352. The number of aromatic nitrogens is 1. The van der Waals surface area contributed by atoms with Crippen LogP contribution in [0.3, 0.4) is 0 Å². The summed E-state index contributed by atoms with van der Waals surface area (Å²) in [6.07, 6.45) is 1.55. The predicted octanol–water partition coefficient (Wildman–Crippen LogP) is 3.20. The summed E-state index contributed by atoms with van der Waals surface area (Å²) in [6.45, 7) is 0. The lowest BCUT2D eigenvalue weighted by atomic mass is 10.3. The van der Waals surface area contributed by atoms with Gasteiger partial charge in [-0.3, -0.25) is 0 Å². The Hall–Kier alpha value is -1.81. The summed E-state index contributed by atoms with van der Waals surface area (Å²) in [6, 6.07) is 7.50. The zero-order valence-corrected chi connectivity index (χ0v) is 9.00. The van der Waals surface area contributed by atoms with E-state index in [9.17, 15) is 4.39 Å². The summed E-state index contributed by atoms with van der Waals surface area (Å²) >= 11 is 5.90. The van der Waals surface area contributed by atoms with Gasteiger partial charge in [0, 0.05) is 0 Å². The first kappa shape index (κ1) is 10.7. The second kappa shape index (κ2) is 4.37. The van der Waals surface area contributed by atoms with E-state index in [4.69, 9.17) is 17.3 Å². The van der Waals surface area contributed by atoms with E-state index in [-0.39, 0.29) is 5.82 Å². The molecule has 0 saturated heterocycles. The van der Waals surface area contributed by atoms with Crippen molar-refractivity contribution >= 4 is 28.8 Å². The van der Waals surface area contributed by atoms with Gasteiger partial charge in [0.2, 0.25) is 0 Å². The Labute approximate surface area is 97.1 Å². The number of hydrogen-bond donors (Lipinski definition) is 2. The van der Waals surface area contributed by atoms with Gasteiger partial charge >= 0.3 is 0 Å². The van der Waals surface area contributed by atoms with Gasteiger partial charge in [-0.2, -0.15) is 0 Å². The van der Waals surface area contributed by atoms with E-state index in [0.717, 1.165) is 0 Å². The Morgan fingerprint density at radius 1 is 1.25 bits per heavy atom. The van der Waals surface area contributed by atoms with Crippen molar-refractivity contribution in [1.29, 1.82) is 0 Å². The Kier molecular flexibility index (Phi) is 2.92. The fraction of sp³-hybridized carbons (Fsp3) is 0. The summed E-state index contributed by atoms with van der Waals surface area (Å²) < 4.78 is 13.0. The summed E-state index contributed by atoms with van der Waals surface area (Å²) in [5.41, 5.74) is 6.64. The van der Waals surface area contributed by atoms with Crippen molar-refractivity contribution in [3.8, 4) is 0 Å². The predicted molar refractivity (Wildman–Crippen MR) is 63.3 cm³/mol. The van der Waals surface area contributed by atoms with Crippen molar-refractivity contribution in [2.45, 2.75) is 0 Å². The van der Waals surface area contributed by atoms with E-state index in [2.05, 4.69) is 10.3 Å². The van der Waals surface area contributed by atoms with Crippen LogP contribution < -0.4 is 11.1 Å². The molecule has 0 atom stereocenters. The maximum absolute atomic E-state index is 13.0. The molecule has 1 aromatic heterocycles. The highest BCUT2D eigenvalue weighted by atomic mass is 35.5. The molecule has 82 valence electrons. The molecule has 0 fully saturated rings. The second-order valence-electron chi connectivity index (χ2n) is 3.22. The molecular formula is C11H9ClFN3. The molecule has 0 radical (unpaired) electrons. The standard InChI is InChI=1S/C11H9ClFN3/c12-9-3-1-7(13)5-10(9)16-8-2-4-11(14)15-6-8/h1-6,16H,(H2,14,15). The molecule has 0 unspecified atom stereocenters. The number of nitrogens with one attached hydrogen (secondary N) is 1. The number of hydrogen-bond acceptors (Lipinski definition) is 3. The Morgan fingerprint density at radius 3 is 2.75 bits per heavy atom. The zero-order valence-electron chi connectivity index (χ0n) is 8.24. The number of halogens is 2. The van der Waals surface area contributed by atoms with Crippen LogP contribution in [0, 0.1) is 5.82 Å². The summed E-state index contributed by atoms with van der Waals surface area (Å²) in [5.74, 6) is 0.0752. The third-order valence-electron chi connectivity index (χ3n) is 1.99. The van der Waals surface area contributed by atoms with Gasteiger partial charge in [0.25, 0.3) is 0 Å². The minimum atomic E-state index is -0.352. The summed E-state index contributed by atoms with van der Waals surface area (Å²) in [5, 5.41) is 3.39. The second-order valence-corrected chi connectivity index (χ2v) is 3.63. The van der Waals surface area contributed by atoms with Gasteiger partial charge in [-0.15, -0.1) is 0 Å². The molecule has 0 saturated carbocycles. The number of nitrogen functional groups attached to an aromatic ring is 1. The molecule has 0 aliphatic rings. The monoisotopic (exact) mass is 237 g/mol. The Bertz CT molecular complexity index is 499. The van der Waals surface area contributed by atoms with Crippen LogP contribution in [0.15, 0.2) is 36.5 Å². The molecule has 0 aliphatic carbocycles. The Morgan fingerprint density at radius 2 is 2.06 bits per heavy atom. The van der Waals surface area contributed by atoms with E-state index in [0.29, 0.717) is 22.2 Å². The smallest absolute Gasteiger partial charge is 0.125 e. The molecule has 2 rings (SSSR count). The first-order chi connectivity index (χ1) is 7.65. The van der Waals surface area contributed by atoms with Crippen LogP contribution in [0.1, 0.15) is 0 Å². The number of nitrogens with zero attached hydrogens (tertiary/aromatic N) is 1. The van der Waals surface area contributed by atoms with Gasteiger partial charge in [-0.1, -0.05) is 11.6 Å². The van der Waals surface area contributed by atoms with Gasteiger partial charge in [-0.05, 0) is 30.3 Å². The minimum Gasteiger partial charge on any atom is -0.384 e. The normalized spacial score (nSPS) is 10.1. The third kappa shape index (κ3) is 2.41. The lowest BCUT2D eigenvalue weighted by molar-refractivity contribution is 0.628. The SMILES string of the molecule is Nc1ccc(Nc2cc(F)ccc2Cl)cn1. The van der Waals surface area contributed by atoms with E-state index in [1.54, 1.807) is 18.3 Å². The van der Waals surface area contributed by atoms with Gasteiger partial charge in [-0.25, -0.2) is 9.37 Å². The quantitative estimate of drug-likeness (QED) is 0.843. The molecule has 0 amide bonds. The fourth-order valence-corrected chi connectivity index (χ4v) is 1.39. The Balaban J connectivity index is 2.26. The molecule has 0 spiro atoms. The maximum Gasteiger partial charge on any atom is 0.125 e. The fourth-order valence-electron chi connectivity index (χ4n) is 1.23. The molecule has 0 bridgehead atoms. The number of nitrogens with two attached hydrogens (primary N) is 1. The van der Waals surface area contributed by atoms with E-state index < -0.39 is 0 Å². The van der Waals surface area contributed by atoms with Gasteiger partial charge in [0.15, 0.2) is 0 Å². The van der Waals surface area contributed by atoms with Crippen molar-refractivity contribution in [1.82, 2.24) is 4.98 Å². The van der Waals surface area contributed by atoms with Gasteiger partial charge in [0.05, 0.1) is 22.6 Å². The third-order valence-corrected chi connectivity index (χ3v) is 2.32. The largest absolute Gasteiger partial charge is 0.384 e. The summed E-state index contributed by atoms with van der Waals surface area (Å²) in [7, 11) is 0. The molecule has 1 heterocycles. The average Bonchev–Trinajstić information content (AvgIpc) is 2.27. The lowest BCUT2D eigenvalue weighted by Gasteiger charge is -2.08. The van der Waals surface area contributed by atoms with E-state index in [1.807, 2.05) is 0 Å². The zero-order chi connectivity index (χ0) is 11.5. The van der Waals surface area contributed by atoms with Gasteiger partial charge < -0.3 is 11.1 Å². The molecule has 2 aromatic rings. The van der Waals surface area contributed by atoms with E-state index in [1.165, 1.54) is 18.2 Å². The highest BCUT2D eigenvalue weighted by Gasteiger charge is 2.02. The number of pyridine rings is 1. The van der Waals surface area contributed by atoms with Crippen LogP contribution in [0.4, 0.5) is 21.6 Å². The van der Waals surface area contributed by atoms with Crippen molar-refractivity contribution in [2.24, 2.45) is 0 Å². The maximum atomic E-state index is 13.0. The molecular weight excluding hydrogens is 229 g/mol. The topological polar surface area (TPSA) is 50.9 Å². The lowest BCUT2D eigenvalue weighted by Crippen LogP contribution is -1.94. The van der Waals surface area contributed by atoms with Crippen LogP contribution in [0.5, 0.6) is 0 Å². The average molecular weight is 238 g/mol. The van der Waals surface area contributed by atoms with Crippen LogP contribution in [0.25, 0.3) is 0 Å². The van der Waals surface area contributed by atoms with Crippen molar-refractivity contribution in [3.05, 3.63) is 47.4 Å². The molecule has 16 heavy (non-hydrogen) atoms. The highest BCUT2D eigenvalue weighted by Crippen LogP contribution is 2.25. The van der Waals surface area contributed by atoms with Crippen LogP contribution >= 0.6 is 11.6 Å². The summed E-state index contributed by atoms with van der Waals surface area (Å²) in [4.78, 5) is 3.91. The van der Waals surface area contributed by atoms with Crippen LogP contribution in [-0.2, 0) is 0 Å². The first-order valence-corrected chi connectivity index (χ1v) is 4.96. The molecule has 1 aromatic carbocycles. The molecule has 5 heteroatoms. The highest BCUT2D eigenvalue weighted by molar-refractivity contribution is 6.33. The number of anilines is 3. The van der Waals surface area contributed by atoms with Crippen LogP contribution in [0.2, 0.25) is 5.02 Å². The van der Waals surface area contributed by atoms with Crippen LogP contribution in [-0.4, -0.2) is 4.98 Å². The van der Waals surface area contributed by atoms with Crippen molar-refractivity contribution in [3.63, 3.8) is 0 Å². The number of benzene rings is 1. The molecule has 3 nitrogen and oxygen atoms in total. The van der Waals surface area contributed by atoms with Crippen molar-refractivity contribution in [2.75, 3.05) is 11.1 Å². The van der Waals surface area contributed by atoms with Crippen molar-refractivity contribution < 1.29 is 4.39 Å².